The molecule has 0 aliphatic heterocycles. The Balaban J connectivity index is 2.46. The van der Waals surface area contributed by atoms with Gasteiger partial charge in [-0.2, -0.15) is 0 Å². The van der Waals surface area contributed by atoms with Crippen molar-refractivity contribution in [3.8, 4) is 11.5 Å². The Kier molecular flexibility index (Phi) is 3.14. The van der Waals surface area contributed by atoms with E-state index in [4.69, 9.17) is 5.11 Å². The van der Waals surface area contributed by atoms with Crippen LogP contribution in [-0.4, -0.2) is 11.1 Å². The van der Waals surface area contributed by atoms with Crippen molar-refractivity contribution in [2.75, 3.05) is 0 Å². The van der Waals surface area contributed by atoms with Crippen LogP contribution in [0, 0.1) is 0 Å². The van der Waals surface area contributed by atoms with Crippen LogP contribution in [0.5, 0.6) is 11.5 Å². The van der Waals surface area contributed by atoms with E-state index in [-0.39, 0.29) is 12.2 Å². The third kappa shape index (κ3) is 3.02. The number of phenolic OH excluding ortho intramolecular Hbond substituents is 1. The number of phenols is 1. The van der Waals surface area contributed by atoms with Gasteiger partial charge in [-0.05, 0) is 24.3 Å². The maximum absolute atomic E-state index is 10.7. The van der Waals surface area contributed by atoms with Crippen LogP contribution in [-0.2, 0) is 9.68 Å². The van der Waals surface area contributed by atoms with E-state index in [1.165, 1.54) is 24.3 Å². The standard InChI is InChI=1S/C9H10O4/c1-2-9(11)13-12-8-5-3-7(10)4-6-8/h3-6,10H,2H2,1H3. The summed E-state index contributed by atoms with van der Waals surface area (Å²) >= 11 is 0. The molecule has 0 saturated heterocycles. The molecule has 0 radical (unpaired) electrons. The predicted molar refractivity (Wildman–Crippen MR) is 45.1 cm³/mol. The highest BCUT2D eigenvalue weighted by Gasteiger charge is 2.00. The lowest BCUT2D eigenvalue weighted by Crippen LogP contribution is -2.05. The largest absolute Gasteiger partial charge is 0.508 e. The van der Waals surface area contributed by atoms with E-state index in [2.05, 4.69) is 9.78 Å². The van der Waals surface area contributed by atoms with Gasteiger partial charge in [0.15, 0.2) is 5.75 Å². The first-order chi connectivity index (χ1) is 6.22. The molecule has 4 heteroatoms. The van der Waals surface area contributed by atoms with Gasteiger partial charge in [-0.15, -0.1) is 0 Å². The van der Waals surface area contributed by atoms with Gasteiger partial charge in [0.05, 0.1) is 0 Å². The smallest absolute Gasteiger partial charge is 0.355 e. The maximum Gasteiger partial charge on any atom is 0.355 e. The highest BCUT2D eigenvalue weighted by atomic mass is 17.2. The number of benzene rings is 1. The van der Waals surface area contributed by atoms with Crippen LogP contribution in [0.3, 0.4) is 0 Å². The topological polar surface area (TPSA) is 55.8 Å². The molecule has 1 aromatic rings. The fraction of sp³-hybridized carbons (Fsp3) is 0.222. The normalized spacial score (nSPS) is 9.31. The second-order valence-electron chi connectivity index (χ2n) is 2.39. The molecule has 0 saturated carbocycles. The minimum absolute atomic E-state index is 0.133. The van der Waals surface area contributed by atoms with Gasteiger partial charge in [-0.3, -0.25) is 9.78 Å². The van der Waals surface area contributed by atoms with Gasteiger partial charge in [-0.25, -0.2) is 4.79 Å². The summed E-state index contributed by atoms with van der Waals surface area (Å²) in [5.41, 5.74) is 0. The van der Waals surface area contributed by atoms with Gasteiger partial charge in [0.1, 0.15) is 5.75 Å². The molecule has 0 aliphatic carbocycles. The van der Waals surface area contributed by atoms with Crippen LogP contribution in [0.2, 0.25) is 0 Å². The number of hydrogen-bond acceptors (Lipinski definition) is 4. The third-order valence-corrected chi connectivity index (χ3v) is 1.36. The van der Waals surface area contributed by atoms with Crippen molar-refractivity contribution < 1.29 is 19.7 Å². The SMILES string of the molecule is CCC(=O)OOc1ccc(O)cc1. The van der Waals surface area contributed by atoms with Crippen molar-refractivity contribution in [2.24, 2.45) is 0 Å². The molecule has 1 aromatic carbocycles. The summed E-state index contributed by atoms with van der Waals surface area (Å²) in [7, 11) is 0. The van der Waals surface area contributed by atoms with Crippen LogP contribution in [0.4, 0.5) is 0 Å². The van der Waals surface area contributed by atoms with E-state index in [9.17, 15) is 4.79 Å². The molecule has 1 rings (SSSR count). The zero-order valence-corrected chi connectivity index (χ0v) is 7.19. The summed E-state index contributed by atoms with van der Waals surface area (Å²) in [6.45, 7) is 1.67. The van der Waals surface area contributed by atoms with Crippen molar-refractivity contribution in [1.82, 2.24) is 0 Å². The van der Waals surface area contributed by atoms with Gasteiger partial charge in [0.2, 0.25) is 0 Å². The number of aromatic hydroxyl groups is 1. The summed E-state index contributed by atoms with van der Waals surface area (Å²) in [6, 6.07) is 5.88. The van der Waals surface area contributed by atoms with Gasteiger partial charge in [-0.1, -0.05) is 6.92 Å². The summed E-state index contributed by atoms with van der Waals surface area (Å²) < 4.78 is 0. The maximum atomic E-state index is 10.7. The molecule has 13 heavy (non-hydrogen) atoms. The monoisotopic (exact) mass is 182 g/mol. The van der Waals surface area contributed by atoms with E-state index in [1.807, 2.05) is 0 Å². The molecule has 70 valence electrons. The van der Waals surface area contributed by atoms with Crippen molar-refractivity contribution in [2.45, 2.75) is 13.3 Å². The van der Waals surface area contributed by atoms with Crippen LogP contribution in [0.1, 0.15) is 13.3 Å². The molecule has 0 aromatic heterocycles. The Morgan fingerprint density at radius 1 is 1.38 bits per heavy atom. The second-order valence-corrected chi connectivity index (χ2v) is 2.39. The molecule has 0 aliphatic rings. The number of hydrogen-bond donors (Lipinski definition) is 1. The molecular weight excluding hydrogens is 172 g/mol. The minimum atomic E-state index is -0.437. The molecule has 1 N–H and O–H groups in total. The highest BCUT2D eigenvalue weighted by Crippen LogP contribution is 2.15. The number of carbonyl (C=O) groups is 1. The zero-order chi connectivity index (χ0) is 9.68. The fourth-order valence-electron chi connectivity index (χ4n) is 0.655. The first-order valence-corrected chi connectivity index (χ1v) is 3.88. The number of rotatable bonds is 3. The van der Waals surface area contributed by atoms with Crippen LogP contribution in [0.25, 0.3) is 0 Å². The van der Waals surface area contributed by atoms with Gasteiger partial charge in [0.25, 0.3) is 0 Å². The third-order valence-electron chi connectivity index (χ3n) is 1.36. The zero-order valence-electron chi connectivity index (χ0n) is 7.19. The van der Waals surface area contributed by atoms with Crippen molar-refractivity contribution in [1.29, 1.82) is 0 Å². The Morgan fingerprint density at radius 3 is 2.54 bits per heavy atom. The Morgan fingerprint density at radius 2 is 2.00 bits per heavy atom. The summed E-state index contributed by atoms with van der Waals surface area (Å²) in [5, 5.41) is 8.92. The van der Waals surface area contributed by atoms with Crippen molar-refractivity contribution in [3.63, 3.8) is 0 Å². The molecule has 4 nitrogen and oxygen atoms in total. The van der Waals surface area contributed by atoms with E-state index < -0.39 is 5.97 Å². The molecule has 0 atom stereocenters. The van der Waals surface area contributed by atoms with E-state index in [0.29, 0.717) is 5.75 Å². The predicted octanol–water partition coefficient (Wildman–Crippen LogP) is 1.64. The van der Waals surface area contributed by atoms with E-state index in [0.717, 1.165) is 0 Å². The molecule has 0 spiro atoms. The van der Waals surface area contributed by atoms with E-state index in [1.54, 1.807) is 6.92 Å². The van der Waals surface area contributed by atoms with Gasteiger partial charge >= 0.3 is 5.97 Å². The van der Waals surface area contributed by atoms with Crippen LogP contribution >= 0.6 is 0 Å². The van der Waals surface area contributed by atoms with Crippen molar-refractivity contribution in [3.05, 3.63) is 24.3 Å². The molecular formula is C9H10O4. The summed E-state index contributed by atoms with van der Waals surface area (Å²) in [4.78, 5) is 19.7. The molecule has 0 bridgehead atoms. The fourth-order valence-corrected chi connectivity index (χ4v) is 0.655. The highest BCUT2D eigenvalue weighted by molar-refractivity contribution is 5.68. The lowest BCUT2D eigenvalue weighted by Gasteiger charge is -2.02. The number of carbonyl (C=O) groups excluding carboxylic acids is 1. The summed E-state index contributed by atoms with van der Waals surface area (Å²) in [5.74, 6) is 0.0712. The van der Waals surface area contributed by atoms with Crippen LogP contribution in [0.15, 0.2) is 24.3 Å². The lowest BCUT2D eigenvalue weighted by atomic mass is 10.3. The first kappa shape index (κ1) is 9.38. The average Bonchev–Trinajstić information content (AvgIpc) is 2.16. The molecule has 0 heterocycles. The summed E-state index contributed by atoms with van der Waals surface area (Å²) in [6.07, 6.45) is 0.262. The average molecular weight is 182 g/mol. The Bertz CT molecular complexity index is 278. The Hall–Kier alpha value is -1.71. The lowest BCUT2D eigenvalue weighted by molar-refractivity contribution is -0.213. The van der Waals surface area contributed by atoms with Crippen molar-refractivity contribution >= 4 is 5.97 Å². The molecule has 0 fully saturated rings. The van der Waals surface area contributed by atoms with E-state index >= 15 is 0 Å². The Labute approximate surface area is 75.6 Å². The van der Waals surface area contributed by atoms with Crippen LogP contribution < -0.4 is 4.89 Å². The van der Waals surface area contributed by atoms with Gasteiger partial charge < -0.3 is 5.11 Å². The minimum Gasteiger partial charge on any atom is -0.508 e. The molecule has 0 unspecified atom stereocenters. The first-order valence-electron chi connectivity index (χ1n) is 3.88. The second kappa shape index (κ2) is 4.35. The quantitative estimate of drug-likeness (QED) is 0.570. The molecule has 0 amide bonds. The van der Waals surface area contributed by atoms with Gasteiger partial charge in [0, 0.05) is 6.42 Å².